The van der Waals surface area contributed by atoms with Gasteiger partial charge >= 0.3 is 0 Å². The van der Waals surface area contributed by atoms with Gasteiger partial charge in [0.25, 0.3) is 5.91 Å². The van der Waals surface area contributed by atoms with E-state index in [4.69, 9.17) is 4.42 Å². The summed E-state index contributed by atoms with van der Waals surface area (Å²) in [5, 5.41) is 17.4. The van der Waals surface area contributed by atoms with Crippen molar-refractivity contribution in [2.75, 3.05) is 5.32 Å². The Bertz CT molecular complexity index is 1040. The second-order valence-corrected chi connectivity index (χ2v) is 5.84. The molecule has 0 aliphatic carbocycles. The highest BCUT2D eigenvalue weighted by atomic mass is 16.3. The van der Waals surface area contributed by atoms with E-state index >= 15 is 0 Å². The van der Waals surface area contributed by atoms with Gasteiger partial charge in [0.15, 0.2) is 5.76 Å². The average Bonchev–Trinajstić information content (AvgIpc) is 3.32. The number of carbonyl (C=O) groups is 1. The molecule has 0 aliphatic heterocycles. The lowest BCUT2D eigenvalue weighted by Gasteiger charge is -2.06. The third-order valence-electron chi connectivity index (χ3n) is 3.94. The molecule has 3 aromatic heterocycles. The van der Waals surface area contributed by atoms with Crippen molar-refractivity contribution < 1.29 is 9.21 Å². The molecule has 26 heavy (non-hydrogen) atoms. The summed E-state index contributed by atoms with van der Waals surface area (Å²) in [6, 6.07) is 10.8. The van der Waals surface area contributed by atoms with Crippen molar-refractivity contribution in [3.63, 3.8) is 0 Å². The molecule has 0 fully saturated rings. The van der Waals surface area contributed by atoms with Crippen LogP contribution in [-0.4, -0.2) is 31.5 Å². The van der Waals surface area contributed by atoms with E-state index in [0.29, 0.717) is 28.4 Å². The number of nitrogens with zero attached hydrogens (tertiary/aromatic N) is 4. The summed E-state index contributed by atoms with van der Waals surface area (Å²) in [6.45, 7) is 2.10. The van der Waals surface area contributed by atoms with Crippen molar-refractivity contribution in [1.82, 2.24) is 25.6 Å². The molecule has 0 saturated carbocycles. The summed E-state index contributed by atoms with van der Waals surface area (Å²) in [5.41, 5.74) is 2.73. The van der Waals surface area contributed by atoms with Crippen LogP contribution in [0.1, 0.15) is 29.4 Å². The first-order valence-corrected chi connectivity index (χ1v) is 8.26. The highest BCUT2D eigenvalue weighted by Gasteiger charge is 2.13. The zero-order valence-electron chi connectivity index (χ0n) is 14.1. The van der Waals surface area contributed by atoms with Gasteiger partial charge < -0.3 is 9.73 Å². The van der Waals surface area contributed by atoms with Gasteiger partial charge in [0, 0.05) is 16.6 Å². The molecule has 4 aromatic rings. The largest absolute Gasteiger partial charge is 0.453 e. The molecular formula is C18H16N6O2. The van der Waals surface area contributed by atoms with Crippen molar-refractivity contribution in [3.05, 3.63) is 53.9 Å². The highest BCUT2D eigenvalue weighted by molar-refractivity contribution is 6.06. The zero-order chi connectivity index (χ0) is 17.9. The number of pyridine rings is 1. The smallest absolute Gasteiger partial charge is 0.255 e. The van der Waals surface area contributed by atoms with E-state index in [1.165, 1.54) is 0 Å². The molecule has 0 atom stereocenters. The Hall–Kier alpha value is -3.55. The Morgan fingerprint density at radius 2 is 2.15 bits per heavy atom. The first-order valence-electron chi connectivity index (χ1n) is 8.26. The lowest BCUT2D eigenvalue weighted by atomic mass is 10.1. The van der Waals surface area contributed by atoms with E-state index in [0.717, 1.165) is 23.9 Å². The summed E-state index contributed by atoms with van der Waals surface area (Å²) in [4.78, 5) is 16.8. The molecule has 0 unspecified atom stereocenters. The maximum atomic E-state index is 12.5. The second kappa shape index (κ2) is 6.75. The fourth-order valence-electron chi connectivity index (χ4n) is 2.65. The van der Waals surface area contributed by atoms with Gasteiger partial charge in [-0.15, -0.1) is 10.2 Å². The molecule has 1 amide bonds. The van der Waals surface area contributed by atoms with E-state index in [-0.39, 0.29) is 5.91 Å². The predicted molar refractivity (Wildman–Crippen MR) is 95.6 cm³/mol. The number of hydrogen-bond acceptors (Lipinski definition) is 6. The Balaban J connectivity index is 1.54. The number of amides is 1. The maximum Gasteiger partial charge on any atom is 0.255 e. The third-order valence-corrected chi connectivity index (χ3v) is 3.94. The fraction of sp³-hybridized carbons (Fsp3) is 0.167. The number of hydrogen-bond donors (Lipinski definition) is 2. The highest BCUT2D eigenvalue weighted by Crippen LogP contribution is 2.26. The number of nitrogens with one attached hydrogen (secondary N) is 2. The number of anilines is 1. The predicted octanol–water partition coefficient (Wildman–Crippen LogP) is 3.21. The molecule has 8 nitrogen and oxygen atoms in total. The molecule has 4 rings (SSSR count). The first kappa shape index (κ1) is 15.9. The molecule has 8 heteroatoms. The van der Waals surface area contributed by atoms with E-state index in [9.17, 15) is 4.79 Å². The van der Waals surface area contributed by atoms with Crippen LogP contribution in [0.2, 0.25) is 0 Å². The standard InChI is InChI=1S/C18H16N6O2/c1-2-3-13-6-7-14(10-19-13)20-18(25)12-5-4-11-8-16(26-15(11)9-12)17-21-23-24-22-17/h4-10H,2-3H2,1H3,(H,20,25)(H,21,22,23,24). The monoisotopic (exact) mass is 348 g/mol. The van der Waals surface area contributed by atoms with Crippen molar-refractivity contribution in [2.24, 2.45) is 0 Å². The minimum absolute atomic E-state index is 0.227. The minimum atomic E-state index is -0.227. The number of H-pyrrole nitrogens is 1. The number of tetrazole rings is 1. The average molecular weight is 348 g/mol. The number of fused-ring (bicyclic) bond motifs is 1. The molecule has 0 saturated heterocycles. The molecule has 0 bridgehead atoms. The van der Waals surface area contributed by atoms with E-state index in [1.807, 2.05) is 18.2 Å². The minimum Gasteiger partial charge on any atom is -0.453 e. The van der Waals surface area contributed by atoms with Gasteiger partial charge in [-0.05, 0) is 42.0 Å². The van der Waals surface area contributed by atoms with Crippen LogP contribution >= 0.6 is 0 Å². The van der Waals surface area contributed by atoms with E-state index in [2.05, 4.69) is 37.8 Å². The van der Waals surface area contributed by atoms with Crippen molar-refractivity contribution in [2.45, 2.75) is 19.8 Å². The number of carbonyl (C=O) groups excluding carboxylic acids is 1. The summed E-state index contributed by atoms with van der Waals surface area (Å²) < 4.78 is 5.72. The molecule has 3 heterocycles. The fourth-order valence-corrected chi connectivity index (χ4v) is 2.65. The van der Waals surface area contributed by atoms with Crippen LogP contribution in [0.5, 0.6) is 0 Å². The van der Waals surface area contributed by atoms with Crippen LogP contribution in [0.4, 0.5) is 5.69 Å². The second-order valence-electron chi connectivity index (χ2n) is 5.84. The molecule has 0 radical (unpaired) electrons. The van der Waals surface area contributed by atoms with Crippen molar-refractivity contribution in [1.29, 1.82) is 0 Å². The number of aromatic nitrogens is 5. The molecule has 2 N–H and O–H groups in total. The quantitative estimate of drug-likeness (QED) is 0.573. The van der Waals surface area contributed by atoms with Gasteiger partial charge in [-0.2, -0.15) is 5.21 Å². The Morgan fingerprint density at radius 1 is 1.23 bits per heavy atom. The number of furan rings is 1. The lowest BCUT2D eigenvalue weighted by Crippen LogP contribution is -2.12. The van der Waals surface area contributed by atoms with Gasteiger partial charge in [-0.3, -0.25) is 9.78 Å². The maximum absolute atomic E-state index is 12.5. The molecule has 1 aromatic carbocycles. The van der Waals surface area contributed by atoms with Crippen molar-refractivity contribution in [3.8, 4) is 11.6 Å². The number of benzene rings is 1. The van der Waals surface area contributed by atoms with E-state index in [1.54, 1.807) is 24.4 Å². The molecule has 130 valence electrons. The summed E-state index contributed by atoms with van der Waals surface area (Å²) >= 11 is 0. The summed E-state index contributed by atoms with van der Waals surface area (Å²) in [7, 11) is 0. The Kier molecular flexibility index (Phi) is 4.14. The SMILES string of the molecule is CCCc1ccc(NC(=O)c2ccc3cc(-c4nn[nH]n4)oc3c2)cn1. The van der Waals surface area contributed by atoms with Crippen LogP contribution in [0, 0.1) is 0 Å². The van der Waals surface area contributed by atoms with Crippen LogP contribution in [0.15, 0.2) is 47.0 Å². The van der Waals surface area contributed by atoms with Gasteiger partial charge in [-0.25, -0.2) is 0 Å². The zero-order valence-corrected chi connectivity index (χ0v) is 14.1. The van der Waals surface area contributed by atoms with Gasteiger partial charge in [0.1, 0.15) is 5.58 Å². The van der Waals surface area contributed by atoms with Gasteiger partial charge in [-0.1, -0.05) is 19.4 Å². The van der Waals surface area contributed by atoms with Crippen LogP contribution in [-0.2, 0) is 6.42 Å². The van der Waals surface area contributed by atoms with E-state index < -0.39 is 0 Å². The summed E-state index contributed by atoms with van der Waals surface area (Å²) in [6.07, 6.45) is 3.63. The molecule has 0 aliphatic rings. The lowest BCUT2D eigenvalue weighted by molar-refractivity contribution is 0.102. The normalized spacial score (nSPS) is 11.0. The van der Waals surface area contributed by atoms with Crippen molar-refractivity contribution >= 4 is 22.6 Å². The topological polar surface area (TPSA) is 110 Å². The Labute approximate surface area is 148 Å². The Morgan fingerprint density at radius 3 is 2.88 bits per heavy atom. The van der Waals surface area contributed by atoms with Crippen LogP contribution < -0.4 is 5.32 Å². The number of aryl methyl sites for hydroxylation is 1. The van der Waals surface area contributed by atoms with Gasteiger partial charge in [0.05, 0.1) is 11.9 Å². The first-order chi connectivity index (χ1) is 12.7. The molecular weight excluding hydrogens is 332 g/mol. The third kappa shape index (κ3) is 3.16. The molecule has 0 spiro atoms. The van der Waals surface area contributed by atoms with Gasteiger partial charge in [0.2, 0.25) is 5.82 Å². The number of rotatable bonds is 5. The van der Waals surface area contributed by atoms with Crippen LogP contribution in [0.25, 0.3) is 22.6 Å². The summed E-state index contributed by atoms with van der Waals surface area (Å²) in [5.74, 6) is 0.627. The number of aromatic amines is 1. The van der Waals surface area contributed by atoms with Crippen LogP contribution in [0.3, 0.4) is 0 Å².